The van der Waals surface area contributed by atoms with Gasteiger partial charge in [-0.25, -0.2) is 17.5 Å². The first-order valence-corrected chi connectivity index (χ1v) is 8.90. The fourth-order valence-corrected chi connectivity index (χ4v) is 3.70. The SMILES string of the molecule is CN(C)S(=O)(=O)c1ccccc1CNC(=O)NC1CCCC1. The number of benzene rings is 1. The maximum Gasteiger partial charge on any atom is 0.315 e. The summed E-state index contributed by atoms with van der Waals surface area (Å²) in [6.45, 7) is 0.182. The number of urea groups is 1. The van der Waals surface area contributed by atoms with Crippen LogP contribution in [0, 0.1) is 0 Å². The molecular formula is C15H23N3O3S. The highest BCUT2D eigenvalue weighted by atomic mass is 32.2. The van der Waals surface area contributed by atoms with Gasteiger partial charge in [-0.1, -0.05) is 31.0 Å². The molecule has 0 spiro atoms. The number of carbonyl (C=O) groups is 1. The Hall–Kier alpha value is -1.60. The van der Waals surface area contributed by atoms with Crippen LogP contribution in [0.3, 0.4) is 0 Å². The molecule has 0 bridgehead atoms. The zero-order chi connectivity index (χ0) is 16.2. The first kappa shape index (κ1) is 16.8. The normalized spacial score (nSPS) is 16.0. The molecule has 2 amide bonds. The van der Waals surface area contributed by atoms with Crippen molar-refractivity contribution < 1.29 is 13.2 Å². The van der Waals surface area contributed by atoms with Gasteiger partial charge in [-0.15, -0.1) is 0 Å². The molecule has 0 saturated heterocycles. The van der Waals surface area contributed by atoms with E-state index in [1.807, 2.05) is 0 Å². The van der Waals surface area contributed by atoms with Crippen molar-refractivity contribution in [2.45, 2.75) is 43.2 Å². The Kier molecular flexibility index (Phi) is 5.42. The topological polar surface area (TPSA) is 78.5 Å². The Labute approximate surface area is 131 Å². The van der Waals surface area contributed by atoms with Gasteiger partial charge in [0, 0.05) is 26.7 Å². The summed E-state index contributed by atoms with van der Waals surface area (Å²) in [5.41, 5.74) is 0.581. The smallest absolute Gasteiger partial charge is 0.315 e. The number of nitrogens with zero attached hydrogens (tertiary/aromatic N) is 1. The van der Waals surface area contributed by atoms with Crippen LogP contribution in [-0.2, 0) is 16.6 Å². The molecule has 1 aliphatic carbocycles. The van der Waals surface area contributed by atoms with Crippen molar-refractivity contribution in [3.63, 3.8) is 0 Å². The Morgan fingerprint density at radius 1 is 1.23 bits per heavy atom. The molecule has 22 heavy (non-hydrogen) atoms. The minimum Gasteiger partial charge on any atom is -0.335 e. The van der Waals surface area contributed by atoms with E-state index in [1.165, 1.54) is 18.4 Å². The van der Waals surface area contributed by atoms with Crippen LogP contribution in [0.15, 0.2) is 29.2 Å². The summed E-state index contributed by atoms with van der Waals surface area (Å²) in [5.74, 6) is 0. The number of amides is 2. The number of sulfonamides is 1. The Morgan fingerprint density at radius 3 is 2.50 bits per heavy atom. The van der Waals surface area contributed by atoms with Gasteiger partial charge < -0.3 is 10.6 Å². The van der Waals surface area contributed by atoms with Crippen LogP contribution in [0.1, 0.15) is 31.2 Å². The van der Waals surface area contributed by atoms with E-state index in [9.17, 15) is 13.2 Å². The molecule has 0 radical (unpaired) electrons. The second-order valence-electron chi connectivity index (χ2n) is 5.70. The van der Waals surface area contributed by atoms with Gasteiger partial charge in [0.25, 0.3) is 0 Å². The summed E-state index contributed by atoms with van der Waals surface area (Å²) in [6, 6.07) is 6.71. The quantitative estimate of drug-likeness (QED) is 0.864. The summed E-state index contributed by atoms with van der Waals surface area (Å²) in [7, 11) is -0.531. The van der Waals surface area contributed by atoms with Crippen LogP contribution in [0.4, 0.5) is 4.79 Å². The zero-order valence-electron chi connectivity index (χ0n) is 13.0. The van der Waals surface area contributed by atoms with Crippen molar-refractivity contribution in [2.24, 2.45) is 0 Å². The lowest BCUT2D eigenvalue weighted by atomic mass is 10.2. The average Bonchev–Trinajstić information content (AvgIpc) is 2.98. The highest BCUT2D eigenvalue weighted by Gasteiger charge is 2.21. The molecule has 6 nitrogen and oxygen atoms in total. The second kappa shape index (κ2) is 7.11. The van der Waals surface area contributed by atoms with E-state index in [4.69, 9.17) is 0 Å². The van der Waals surface area contributed by atoms with Crippen LogP contribution in [-0.4, -0.2) is 38.9 Å². The standard InChI is InChI=1S/C15H23N3O3S/c1-18(2)22(20,21)14-10-6-3-7-12(14)11-16-15(19)17-13-8-4-5-9-13/h3,6-7,10,13H,4-5,8-9,11H2,1-2H3,(H2,16,17,19). The average molecular weight is 325 g/mol. The predicted molar refractivity (Wildman–Crippen MR) is 84.9 cm³/mol. The minimum absolute atomic E-state index is 0.182. The third kappa shape index (κ3) is 3.98. The number of nitrogens with one attached hydrogen (secondary N) is 2. The predicted octanol–water partition coefficient (Wildman–Crippen LogP) is 1.68. The fraction of sp³-hybridized carbons (Fsp3) is 0.533. The molecule has 122 valence electrons. The molecule has 1 aromatic carbocycles. The summed E-state index contributed by atoms with van der Waals surface area (Å²) < 4.78 is 25.7. The van der Waals surface area contributed by atoms with Crippen molar-refractivity contribution in [3.8, 4) is 0 Å². The number of hydrogen-bond donors (Lipinski definition) is 2. The van der Waals surface area contributed by atoms with Gasteiger partial charge in [-0.05, 0) is 24.5 Å². The van der Waals surface area contributed by atoms with Crippen molar-refractivity contribution >= 4 is 16.1 Å². The van der Waals surface area contributed by atoms with Crippen molar-refractivity contribution in [1.29, 1.82) is 0 Å². The molecule has 0 unspecified atom stereocenters. The Morgan fingerprint density at radius 2 is 1.86 bits per heavy atom. The lowest BCUT2D eigenvalue weighted by Crippen LogP contribution is -2.40. The molecular weight excluding hydrogens is 302 g/mol. The van der Waals surface area contributed by atoms with Gasteiger partial charge >= 0.3 is 6.03 Å². The second-order valence-corrected chi connectivity index (χ2v) is 7.82. The van der Waals surface area contributed by atoms with E-state index in [0.29, 0.717) is 5.56 Å². The first-order valence-electron chi connectivity index (χ1n) is 7.46. The van der Waals surface area contributed by atoms with Gasteiger partial charge in [-0.2, -0.15) is 0 Å². The highest BCUT2D eigenvalue weighted by Crippen LogP contribution is 2.19. The fourth-order valence-electron chi connectivity index (χ4n) is 2.58. The van der Waals surface area contributed by atoms with Crippen LogP contribution in [0.2, 0.25) is 0 Å². The lowest BCUT2D eigenvalue weighted by molar-refractivity contribution is 0.236. The lowest BCUT2D eigenvalue weighted by Gasteiger charge is -2.16. The molecule has 1 saturated carbocycles. The molecule has 0 aliphatic heterocycles. The summed E-state index contributed by atoms with van der Waals surface area (Å²) in [6.07, 6.45) is 4.32. The van der Waals surface area contributed by atoms with Crippen molar-refractivity contribution in [1.82, 2.24) is 14.9 Å². The molecule has 7 heteroatoms. The zero-order valence-corrected chi connectivity index (χ0v) is 13.8. The summed E-state index contributed by atoms with van der Waals surface area (Å²) >= 11 is 0. The molecule has 2 rings (SSSR count). The number of hydrogen-bond acceptors (Lipinski definition) is 3. The van der Waals surface area contributed by atoms with Gasteiger partial charge in [0.2, 0.25) is 10.0 Å². The maximum atomic E-state index is 12.3. The van der Waals surface area contributed by atoms with Gasteiger partial charge in [-0.3, -0.25) is 0 Å². The molecule has 1 aliphatic rings. The summed E-state index contributed by atoms with van der Waals surface area (Å²) in [5, 5.41) is 5.66. The molecule has 0 aromatic heterocycles. The Balaban J connectivity index is 2.02. The van der Waals surface area contributed by atoms with Crippen LogP contribution >= 0.6 is 0 Å². The monoisotopic (exact) mass is 325 g/mol. The van der Waals surface area contributed by atoms with E-state index in [1.54, 1.807) is 24.3 Å². The van der Waals surface area contributed by atoms with E-state index < -0.39 is 10.0 Å². The van der Waals surface area contributed by atoms with Gasteiger partial charge in [0.15, 0.2) is 0 Å². The third-order valence-corrected chi connectivity index (χ3v) is 5.78. The van der Waals surface area contributed by atoms with Crippen LogP contribution < -0.4 is 10.6 Å². The largest absolute Gasteiger partial charge is 0.335 e. The van der Waals surface area contributed by atoms with E-state index in [0.717, 1.165) is 25.7 Å². The number of carbonyl (C=O) groups excluding carboxylic acids is 1. The van der Waals surface area contributed by atoms with Crippen LogP contribution in [0.5, 0.6) is 0 Å². The molecule has 2 N–H and O–H groups in total. The molecule has 0 heterocycles. The maximum absolute atomic E-state index is 12.3. The van der Waals surface area contributed by atoms with Crippen molar-refractivity contribution in [3.05, 3.63) is 29.8 Å². The van der Waals surface area contributed by atoms with E-state index >= 15 is 0 Å². The Bertz CT molecular complexity index is 623. The summed E-state index contributed by atoms with van der Waals surface area (Å²) in [4.78, 5) is 12.1. The molecule has 1 aromatic rings. The highest BCUT2D eigenvalue weighted by molar-refractivity contribution is 7.89. The van der Waals surface area contributed by atoms with E-state index in [-0.39, 0.29) is 23.5 Å². The van der Waals surface area contributed by atoms with Crippen molar-refractivity contribution in [2.75, 3.05) is 14.1 Å². The van der Waals surface area contributed by atoms with Gasteiger partial charge in [0.05, 0.1) is 4.90 Å². The minimum atomic E-state index is -3.52. The van der Waals surface area contributed by atoms with Crippen LogP contribution in [0.25, 0.3) is 0 Å². The van der Waals surface area contributed by atoms with E-state index in [2.05, 4.69) is 10.6 Å². The van der Waals surface area contributed by atoms with Gasteiger partial charge in [0.1, 0.15) is 0 Å². The first-order chi connectivity index (χ1) is 10.4. The molecule has 0 atom stereocenters. The third-order valence-electron chi connectivity index (χ3n) is 3.86. The molecule has 1 fully saturated rings. The number of rotatable bonds is 5.